The van der Waals surface area contributed by atoms with E-state index in [0.29, 0.717) is 17.7 Å². The summed E-state index contributed by atoms with van der Waals surface area (Å²) in [5.41, 5.74) is 0.638. The van der Waals surface area contributed by atoms with E-state index >= 15 is 0 Å². The lowest BCUT2D eigenvalue weighted by Crippen LogP contribution is -2.04. The predicted molar refractivity (Wildman–Crippen MR) is 52.5 cm³/mol. The zero-order valence-electron chi connectivity index (χ0n) is 7.92. The lowest BCUT2D eigenvalue weighted by atomic mass is 10.1. The molecule has 0 heterocycles. The Balaban J connectivity index is 2.93. The molecule has 0 aliphatic rings. The van der Waals surface area contributed by atoms with E-state index in [-0.39, 0.29) is 0 Å². The number of esters is 1. The fourth-order valence-corrected chi connectivity index (χ4v) is 1.03. The molecule has 3 heteroatoms. The van der Waals surface area contributed by atoms with Crippen molar-refractivity contribution in [2.75, 3.05) is 6.61 Å². The molecule has 0 fully saturated rings. The minimum Gasteiger partial charge on any atom is -0.462 e. The number of hydrogen-bond acceptors (Lipinski definition) is 2. The SMILES string of the molecule is C=C(F)c1cccc(C(=O)OCC)c1. The molecular weight excluding hydrogens is 183 g/mol. The Hall–Kier alpha value is -1.64. The van der Waals surface area contributed by atoms with Crippen molar-refractivity contribution in [1.29, 1.82) is 0 Å². The van der Waals surface area contributed by atoms with Crippen molar-refractivity contribution >= 4 is 11.8 Å². The lowest BCUT2D eigenvalue weighted by molar-refractivity contribution is 0.0526. The summed E-state index contributed by atoms with van der Waals surface area (Å²) in [7, 11) is 0. The van der Waals surface area contributed by atoms with Crippen molar-refractivity contribution < 1.29 is 13.9 Å². The highest BCUT2D eigenvalue weighted by Crippen LogP contribution is 2.15. The highest BCUT2D eigenvalue weighted by molar-refractivity contribution is 5.90. The van der Waals surface area contributed by atoms with E-state index in [4.69, 9.17) is 4.74 Å². The molecule has 14 heavy (non-hydrogen) atoms. The minimum absolute atomic E-state index is 0.301. The van der Waals surface area contributed by atoms with Crippen molar-refractivity contribution in [3.63, 3.8) is 0 Å². The molecule has 0 spiro atoms. The van der Waals surface area contributed by atoms with Crippen LogP contribution in [0.2, 0.25) is 0 Å². The summed E-state index contributed by atoms with van der Waals surface area (Å²) in [6.07, 6.45) is 0. The molecule has 0 aromatic heterocycles. The molecule has 0 unspecified atom stereocenters. The molecule has 0 saturated carbocycles. The van der Waals surface area contributed by atoms with Gasteiger partial charge in [0.25, 0.3) is 0 Å². The summed E-state index contributed by atoms with van der Waals surface area (Å²) >= 11 is 0. The maximum Gasteiger partial charge on any atom is 0.338 e. The first-order valence-corrected chi connectivity index (χ1v) is 4.27. The van der Waals surface area contributed by atoms with Gasteiger partial charge in [0.05, 0.1) is 12.2 Å². The second-order valence-corrected chi connectivity index (χ2v) is 2.71. The van der Waals surface area contributed by atoms with E-state index in [9.17, 15) is 9.18 Å². The Labute approximate surface area is 82.0 Å². The summed E-state index contributed by atoms with van der Waals surface area (Å²) < 4.78 is 17.5. The Morgan fingerprint density at radius 1 is 1.50 bits per heavy atom. The van der Waals surface area contributed by atoms with Crippen LogP contribution in [0, 0.1) is 0 Å². The van der Waals surface area contributed by atoms with Gasteiger partial charge < -0.3 is 4.74 Å². The average molecular weight is 194 g/mol. The number of hydrogen-bond donors (Lipinski definition) is 0. The Kier molecular flexibility index (Phi) is 3.40. The van der Waals surface area contributed by atoms with Crippen LogP contribution in [0.5, 0.6) is 0 Å². The van der Waals surface area contributed by atoms with E-state index in [1.54, 1.807) is 25.1 Å². The van der Waals surface area contributed by atoms with Crippen LogP contribution < -0.4 is 0 Å². The van der Waals surface area contributed by atoms with Crippen LogP contribution in [0.4, 0.5) is 4.39 Å². The van der Waals surface area contributed by atoms with Gasteiger partial charge in [-0.15, -0.1) is 0 Å². The first-order chi connectivity index (χ1) is 6.65. The molecule has 2 nitrogen and oxygen atoms in total. The van der Waals surface area contributed by atoms with Gasteiger partial charge in [0.15, 0.2) is 0 Å². The second-order valence-electron chi connectivity index (χ2n) is 2.71. The first kappa shape index (κ1) is 10.4. The third kappa shape index (κ3) is 2.42. The zero-order valence-corrected chi connectivity index (χ0v) is 7.92. The van der Waals surface area contributed by atoms with Gasteiger partial charge in [-0.3, -0.25) is 0 Å². The van der Waals surface area contributed by atoms with E-state index in [2.05, 4.69) is 6.58 Å². The van der Waals surface area contributed by atoms with E-state index < -0.39 is 11.8 Å². The molecule has 1 aromatic rings. The molecule has 1 rings (SSSR count). The normalized spacial score (nSPS) is 9.57. The Bertz CT molecular complexity index is 358. The lowest BCUT2D eigenvalue weighted by Gasteiger charge is -2.02. The third-order valence-corrected chi connectivity index (χ3v) is 1.69. The van der Waals surface area contributed by atoms with Crippen LogP contribution >= 0.6 is 0 Å². The van der Waals surface area contributed by atoms with Gasteiger partial charge in [-0.2, -0.15) is 0 Å². The van der Waals surface area contributed by atoms with Crippen LogP contribution in [0.1, 0.15) is 22.8 Å². The minimum atomic E-state index is -0.559. The highest BCUT2D eigenvalue weighted by Gasteiger charge is 2.07. The molecule has 0 aliphatic carbocycles. The van der Waals surface area contributed by atoms with Crippen LogP contribution in [0.15, 0.2) is 30.8 Å². The van der Waals surface area contributed by atoms with E-state index in [1.807, 2.05) is 0 Å². The maximum absolute atomic E-state index is 12.7. The topological polar surface area (TPSA) is 26.3 Å². The molecule has 0 radical (unpaired) electrons. The summed E-state index contributed by atoms with van der Waals surface area (Å²) in [5.74, 6) is -1.01. The monoisotopic (exact) mass is 194 g/mol. The molecule has 0 N–H and O–H groups in total. The van der Waals surface area contributed by atoms with Crippen molar-refractivity contribution in [2.24, 2.45) is 0 Å². The molecule has 0 atom stereocenters. The van der Waals surface area contributed by atoms with Gasteiger partial charge in [0, 0.05) is 5.56 Å². The number of carbonyl (C=O) groups is 1. The fourth-order valence-electron chi connectivity index (χ4n) is 1.03. The molecule has 0 bridgehead atoms. The van der Waals surface area contributed by atoms with E-state index in [0.717, 1.165) is 0 Å². The molecular formula is C11H11FO2. The predicted octanol–water partition coefficient (Wildman–Crippen LogP) is 2.80. The highest BCUT2D eigenvalue weighted by atomic mass is 19.1. The fraction of sp³-hybridized carbons (Fsp3) is 0.182. The van der Waals surface area contributed by atoms with E-state index in [1.165, 1.54) is 6.07 Å². The van der Waals surface area contributed by atoms with Gasteiger partial charge in [0.2, 0.25) is 0 Å². The molecule has 0 amide bonds. The number of benzene rings is 1. The summed E-state index contributed by atoms with van der Waals surface area (Å²) in [4.78, 5) is 11.2. The van der Waals surface area contributed by atoms with Crippen LogP contribution in [-0.2, 0) is 4.74 Å². The largest absolute Gasteiger partial charge is 0.462 e. The summed E-state index contributed by atoms with van der Waals surface area (Å²) in [6, 6.07) is 6.13. The average Bonchev–Trinajstić information content (AvgIpc) is 2.18. The van der Waals surface area contributed by atoms with Crippen LogP contribution in [0.25, 0.3) is 5.83 Å². The molecule has 1 aromatic carbocycles. The number of ether oxygens (including phenoxy) is 1. The quantitative estimate of drug-likeness (QED) is 0.691. The number of halogens is 1. The van der Waals surface area contributed by atoms with Gasteiger partial charge in [-0.25, -0.2) is 9.18 Å². The maximum atomic E-state index is 12.7. The van der Waals surface area contributed by atoms with Gasteiger partial charge in [-0.1, -0.05) is 18.7 Å². The second kappa shape index (κ2) is 4.56. The van der Waals surface area contributed by atoms with Crippen molar-refractivity contribution in [3.8, 4) is 0 Å². The van der Waals surface area contributed by atoms with Crippen LogP contribution in [-0.4, -0.2) is 12.6 Å². The molecule has 74 valence electrons. The van der Waals surface area contributed by atoms with Gasteiger partial charge in [0.1, 0.15) is 5.83 Å². The Morgan fingerprint density at radius 2 is 2.14 bits per heavy atom. The van der Waals surface area contributed by atoms with Crippen molar-refractivity contribution in [1.82, 2.24) is 0 Å². The molecule has 0 saturated heterocycles. The first-order valence-electron chi connectivity index (χ1n) is 4.27. The van der Waals surface area contributed by atoms with Gasteiger partial charge >= 0.3 is 5.97 Å². The Morgan fingerprint density at radius 3 is 2.71 bits per heavy atom. The third-order valence-electron chi connectivity index (χ3n) is 1.69. The summed E-state index contributed by atoms with van der Waals surface area (Å²) in [5, 5.41) is 0. The van der Waals surface area contributed by atoms with Crippen molar-refractivity contribution in [3.05, 3.63) is 42.0 Å². The zero-order chi connectivity index (χ0) is 10.6. The van der Waals surface area contributed by atoms with Crippen LogP contribution in [0.3, 0.4) is 0 Å². The van der Waals surface area contributed by atoms with Gasteiger partial charge in [-0.05, 0) is 19.1 Å². The van der Waals surface area contributed by atoms with Crippen molar-refractivity contribution in [2.45, 2.75) is 6.92 Å². The summed E-state index contributed by atoms with van der Waals surface area (Å²) in [6.45, 7) is 5.18. The standard InChI is InChI=1S/C11H11FO2/c1-3-14-11(13)10-6-4-5-9(7-10)8(2)12/h4-7H,2-3H2,1H3. The number of carbonyl (C=O) groups excluding carboxylic acids is 1. The smallest absolute Gasteiger partial charge is 0.338 e. The molecule has 0 aliphatic heterocycles. The number of rotatable bonds is 3.